The van der Waals surface area contributed by atoms with Gasteiger partial charge in [-0.3, -0.25) is 0 Å². The van der Waals surface area contributed by atoms with Gasteiger partial charge in [-0.05, 0) is 69.2 Å². The highest BCUT2D eigenvalue weighted by atomic mass is 16.5. The van der Waals surface area contributed by atoms with E-state index in [1.54, 1.807) is 6.26 Å². The molecule has 0 heterocycles. The molecule has 0 aliphatic rings. The Morgan fingerprint density at radius 1 is 0.793 bits per heavy atom. The topological polar surface area (TPSA) is 30.8 Å². The van der Waals surface area contributed by atoms with Gasteiger partial charge >= 0.3 is 0 Å². The molecule has 3 aromatic rings. The van der Waals surface area contributed by atoms with Crippen molar-refractivity contribution in [2.75, 3.05) is 0 Å². The van der Waals surface area contributed by atoms with Gasteiger partial charge in [-0.15, -0.1) is 0 Å². The van der Waals surface area contributed by atoms with Gasteiger partial charge in [-0.25, -0.2) is 4.99 Å². The number of aliphatic imine (C=N–C) groups is 1. The van der Waals surface area contributed by atoms with Crippen LogP contribution in [0.2, 0.25) is 0 Å². The minimum atomic E-state index is 0.536. The molecular formula is C26H27NO2. The van der Waals surface area contributed by atoms with E-state index in [-0.39, 0.29) is 0 Å². The molecule has 3 rings (SSSR count). The summed E-state index contributed by atoms with van der Waals surface area (Å²) in [7, 11) is 0. The number of ether oxygens (including phenoxy) is 2. The van der Waals surface area contributed by atoms with Crippen molar-refractivity contribution in [3.8, 4) is 11.5 Å². The Hall–Kier alpha value is -3.33. The Balaban J connectivity index is 1.93. The molecule has 3 aromatic carbocycles. The molecular weight excluding hydrogens is 358 g/mol. The number of aryl methyl sites for hydroxylation is 3. The Kier molecular flexibility index (Phi) is 6.85. The van der Waals surface area contributed by atoms with E-state index in [9.17, 15) is 0 Å². The fourth-order valence-electron chi connectivity index (χ4n) is 2.73. The van der Waals surface area contributed by atoms with Crippen LogP contribution in [0.15, 0.2) is 89.6 Å². The Morgan fingerprint density at radius 2 is 1.45 bits per heavy atom. The molecule has 0 radical (unpaired) electrons. The second kappa shape index (κ2) is 9.74. The molecule has 148 valence electrons. The highest BCUT2D eigenvalue weighted by Gasteiger charge is 2.11. The van der Waals surface area contributed by atoms with Crippen molar-refractivity contribution in [2.24, 2.45) is 4.99 Å². The summed E-state index contributed by atoms with van der Waals surface area (Å²) < 4.78 is 12.1. The number of hydrogen-bond donors (Lipinski definition) is 0. The summed E-state index contributed by atoms with van der Waals surface area (Å²) in [6, 6.07) is 24.0. The standard InChI is InChI=1S/C26H27NO2/c1-5-22(18-28-24-15-11-20(3)12-16-24)26(27-23-13-9-19(2)10-14-23)29-25-8-6-7-21(4)17-25/h6-18H,5H2,1-4H3/b22-18+,27-26-. The first-order chi connectivity index (χ1) is 14.0. The van der Waals surface area contributed by atoms with E-state index in [1.165, 1.54) is 11.1 Å². The summed E-state index contributed by atoms with van der Waals surface area (Å²) >= 11 is 0. The van der Waals surface area contributed by atoms with Crippen molar-refractivity contribution in [3.05, 3.63) is 101 Å². The third-order valence-corrected chi connectivity index (χ3v) is 4.48. The molecule has 0 N–H and O–H groups in total. The second-order valence-corrected chi connectivity index (χ2v) is 7.10. The van der Waals surface area contributed by atoms with Gasteiger partial charge in [0.2, 0.25) is 5.90 Å². The summed E-state index contributed by atoms with van der Waals surface area (Å²) in [4.78, 5) is 4.77. The number of rotatable bonds is 6. The molecule has 0 saturated carbocycles. The quantitative estimate of drug-likeness (QED) is 0.257. The number of hydrogen-bond acceptors (Lipinski definition) is 3. The van der Waals surface area contributed by atoms with Crippen molar-refractivity contribution in [2.45, 2.75) is 34.1 Å². The summed E-state index contributed by atoms with van der Waals surface area (Å²) in [6.45, 7) is 8.22. The molecule has 0 amide bonds. The van der Waals surface area contributed by atoms with Crippen LogP contribution in [0.25, 0.3) is 0 Å². The Labute approximate surface area is 173 Å². The lowest BCUT2D eigenvalue weighted by Gasteiger charge is -2.12. The summed E-state index contributed by atoms with van der Waals surface area (Å²) in [6.07, 6.45) is 2.45. The molecule has 0 aromatic heterocycles. The molecule has 0 spiro atoms. The average molecular weight is 386 g/mol. The van der Waals surface area contributed by atoms with E-state index < -0.39 is 0 Å². The maximum Gasteiger partial charge on any atom is 0.226 e. The van der Waals surface area contributed by atoms with Gasteiger partial charge in [0, 0.05) is 5.57 Å². The summed E-state index contributed by atoms with van der Waals surface area (Å²) in [5, 5.41) is 0. The van der Waals surface area contributed by atoms with Crippen molar-refractivity contribution < 1.29 is 9.47 Å². The largest absolute Gasteiger partial charge is 0.465 e. The Morgan fingerprint density at radius 3 is 2.07 bits per heavy atom. The third kappa shape index (κ3) is 6.08. The van der Waals surface area contributed by atoms with Crippen LogP contribution < -0.4 is 9.47 Å². The molecule has 29 heavy (non-hydrogen) atoms. The van der Waals surface area contributed by atoms with E-state index in [1.807, 2.05) is 79.7 Å². The first kappa shape index (κ1) is 20.4. The molecule has 0 atom stereocenters. The SMILES string of the molecule is CCC(=C\Oc1ccc(C)cc1)/C(=N/c1ccc(C)cc1)Oc1cccc(C)c1. The zero-order valence-electron chi connectivity index (χ0n) is 17.5. The van der Waals surface area contributed by atoms with Crippen molar-refractivity contribution in [1.82, 2.24) is 0 Å². The van der Waals surface area contributed by atoms with Gasteiger partial charge in [0.25, 0.3) is 0 Å². The lowest BCUT2D eigenvalue weighted by atomic mass is 10.2. The van der Waals surface area contributed by atoms with Gasteiger partial charge in [0.05, 0.1) is 11.9 Å². The molecule has 3 heteroatoms. The van der Waals surface area contributed by atoms with Gasteiger partial charge in [-0.2, -0.15) is 0 Å². The maximum absolute atomic E-state index is 6.19. The van der Waals surface area contributed by atoms with Crippen LogP contribution in [0, 0.1) is 20.8 Å². The van der Waals surface area contributed by atoms with Crippen LogP contribution >= 0.6 is 0 Å². The summed E-state index contributed by atoms with van der Waals surface area (Å²) in [5.41, 5.74) is 5.25. The van der Waals surface area contributed by atoms with Crippen LogP contribution in [0.5, 0.6) is 11.5 Å². The van der Waals surface area contributed by atoms with Crippen LogP contribution in [-0.2, 0) is 0 Å². The van der Waals surface area contributed by atoms with Gasteiger partial charge in [0.1, 0.15) is 11.5 Å². The highest BCUT2D eigenvalue weighted by Crippen LogP contribution is 2.21. The Bertz CT molecular complexity index is 1000. The van der Waals surface area contributed by atoms with Crippen molar-refractivity contribution in [1.29, 1.82) is 0 Å². The molecule has 0 fully saturated rings. The second-order valence-electron chi connectivity index (χ2n) is 7.10. The van der Waals surface area contributed by atoms with Crippen molar-refractivity contribution in [3.63, 3.8) is 0 Å². The van der Waals surface area contributed by atoms with E-state index in [0.717, 1.165) is 34.7 Å². The van der Waals surface area contributed by atoms with E-state index in [2.05, 4.69) is 20.8 Å². The number of nitrogens with zero attached hydrogens (tertiary/aromatic N) is 1. The molecule has 0 saturated heterocycles. The van der Waals surface area contributed by atoms with Crippen LogP contribution in [0.4, 0.5) is 5.69 Å². The molecule has 0 unspecified atom stereocenters. The maximum atomic E-state index is 6.19. The zero-order chi connectivity index (χ0) is 20.6. The highest BCUT2D eigenvalue weighted by molar-refractivity contribution is 5.96. The fourth-order valence-corrected chi connectivity index (χ4v) is 2.73. The number of benzene rings is 3. The normalized spacial score (nSPS) is 12.0. The first-order valence-corrected chi connectivity index (χ1v) is 9.86. The van der Waals surface area contributed by atoms with Gasteiger partial charge in [0.15, 0.2) is 0 Å². The molecule has 0 aliphatic carbocycles. The predicted molar refractivity (Wildman–Crippen MR) is 120 cm³/mol. The fraction of sp³-hybridized carbons (Fsp3) is 0.192. The lowest BCUT2D eigenvalue weighted by molar-refractivity contribution is 0.471. The smallest absolute Gasteiger partial charge is 0.226 e. The van der Waals surface area contributed by atoms with E-state index in [0.29, 0.717) is 5.90 Å². The van der Waals surface area contributed by atoms with Crippen LogP contribution in [0.3, 0.4) is 0 Å². The lowest BCUT2D eigenvalue weighted by Crippen LogP contribution is -2.12. The summed E-state index contributed by atoms with van der Waals surface area (Å²) in [5.74, 6) is 2.08. The van der Waals surface area contributed by atoms with E-state index >= 15 is 0 Å². The zero-order valence-corrected chi connectivity index (χ0v) is 17.5. The monoisotopic (exact) mass is 385 g/mol. The first-order valence-electron chi connectivity index (χ1n) is 9.86. The molecule has 0 bridgehead atoms. The predicted octanol–water partition coefficient (Wildman–Crippen LogP) is 7.09. The van der Waals surface area contributed by atoms with Gasteiger partial charge in [-0.1, -0.05) is 54.4 Å². The average Bonchev–Trinajstić information content (AvgIpc) is 2.71. The van der Waals surface area contributed by atoms with Gasteiger partial charge < -0.3 is 9.47 Å². The third-order valence-electron chi connectivity index (χ3n) is 4.48. The minimum absolute atomic E-state index is 0.536. The van der Waals surface area contributed by atoms with Crippen LogP contribution in [-0.4, -0.2) is 5.90 Å². The molecule has 3 nitrogen and oxygen atoms in total. The molecule has 0 aliphatic heterocycles. The van der Waals surface area contributed by atoms with Crippen molar-refractivity contribution >= 4 is 11.6 Å². The van der Waals surface area contributed by atoms with E-state index in [4.69, 9.17) is 14.5 Å². The minimum Gasteiger partial charge on any atom is -0.465 e. The van der Waals surface area contributed by atoms with Crippen LogP contribution in [0.1, 0.15) is 30.0 Å².